The van der Waals surface area contributed by atoms with Crippen LogP contribution in [0, 0.1) is 0 Å². The second-order valence-electron chi connectivity index (χ2n) is 18.0. The summed E-state index contributed by atoms with van der Waals surface area (Å²) in [6.07, 6.45) is 12.4. The molecule has 2 aliphatic rings. The molecule has 4 nitrogen and oxygen atoms in total. The number of nitrogens with one attached hydrogen (secondary N) is 1. The zero-order valence-electron chi connectivity index (χ0n) is 36.5. The van der Waals surface area contributed by atoms with E-state index in [0.717, 1.165) is 24.2 Å². The van der Waals surface area contributed by atoms with Gasteiger partial charge in [0, 0.05) is 46.0 Å². The Hall–Kier alpha value is -7.95. The number of allylic oxidation sites excluding steroid dienone is 1. The average molecular weight is 835 g/mol. The third-order valence-corrected chi connectivity index (χ3v) is 14.6. The molecular formula is C61H46N4. The summed E-state index contributed by atoms with van der Waals surface area (Å²) in [5, 5.41) is 3.86. The first-order valence-corrected chi connectivity index (χ1v) is 23.0. The van der Waals surface area contributed by atoms with Crippen molar-refractivity contribution in [3.63, 3.8) is 0 Å². The monoisotopic (exact) mass is 834 g/mol. The van der Waals surface area contributed by atoms with Gasteiger partial charge in [-0.3, -0.25) is 4.98 Å². The Morgan fingerprint density at radius 3 is 1.72 bits per heavy atom. The van der Waals surface area contributed by atoms with Gasteiger partial charge >= 0.3 is 0 Å². The summed E-state index contributed by atoms with van der Waals surface area (Å²) in [4.78, 5) is 8.00. The predicted molar refractivity (Wildman–Crippen MR) is 271 cm³/mol. The van der Waals surface area contributed by atoms with Crippen LogP contribution in [0.15, 0.2) is 195 Å². The van der Waals surface area contributed by atoms with Crippen molar-refractivity contribution in [2.24, 2.45) is 0 Å². The van der Waals surface area contributed by atoms with Gasteiger partial charge in [-0.05, 0) is 152 Å². The van der Waals surface area contributed by atoms with Gasteiger partial charge in [-0.25, -0.2) is 0 Å². The molecule has 4 heterocycles. The van der Waals surface area contributed by atoms with Crippen LogP contribution in [0.5, 0.6) is 0 Å². The smallest absolute Gasteiger partial charge is 0.0642 e. The summed E-state index contributed by atoms with van der Waals surface area (Å²) in [6, 6.07) is 62.9. The summed E-state index contributed by atoms with van der Waals surface area (Å²) in [5.74, 6) is 0.626. The van der Waals surface area contributed by atoms with E-state index in [1.165, 1.54) is 111 Å². The molecule has 0 bridgehead atoms. The van der Waals surface area contributed by atoms with Gasteiger partial charge in [0.1, 0.15) is 0 Å². The first kappa shape index (κ1) is 37.6. The SMILES string of the molecule is CC1c2cc3c4c(n(-c5cccnc5)c3cc2-c2cc3c(cc2C1C)c1cc(-c2ccccc2-c2ccccc2)ccc1n3-c1cc[nH]c1)CCC(c1ccccc1-c1ccccc1)=C4. The number of benzene rings is 7. The van der Waals surface area contributed by atoms with Gasteiger partial charge < -0.3 is 14.1 Å². The maximum atomic E-state index is 4.64. The van der Waals surface area contributed by atoms with E-state index < -0.39 is 0 Å². The van der Waals surface area contributed by atoms with Gasteiger partial charge in [0.25, 0.3) is 0 Å². The van der Waals surface area contributed by atoms with Crippen molar-refractivity contribution in [3.05, 3.63) is 223 Å². The first-order valence-electron chi connectivity index (χ1n) is 23.0. The van der Waals surface area contributed by atoms with Crippen LogP contribution in [0.3, 0.4) is 0 Å². The molecule has 4 heteroatoms. The Balaban J connectivity index is 1.03. The molecule has 0 spiro atoms. The molecule has 13 rings (SSSR count). The minimum atomic E-state index is 0.312. The van der Waals surface area contributed by atoms with Gasteiger partial charge in [0.2, 0.25) is 0 Å². The molecule has 0 saturated carbocycles. The van der Waals surface area contributed by atoms with Gasteiger partial charge in [-0.15, -0.1) is 0 Å². The average Bonchev–Trinajstić information content (AvgIpc) is 4.10. The van der Waals surface area contributed by atoms with Crippen molar-refractivity contribution < 1.29 is 0 Å². The molecule has 0 radical (unpaired) electrons. The van der Waals surface area contributed by atoms with Crippen LogP contribution in [0.2, 0.25) is 0 Å². The van der Waals surface area contributed by atoms with Gasteiger partial charge in [0.05, 0.1) is 34.1 Å². The van der Waals surface area contributed by atoms with Gasteiger partial charge in [-0.2, -0.15) is 0 Å². The Kier molecular flexibility index (Phi) is 8.57. The van der Waals surface area contributed by atoms with Gasteiger partial charge in [0.15, 0.2) is 0 Å². The fourth-order valence-corrected chi connectivity index (χ4v) is 11.3. The van der Waals surface area contributed by atoms with Crippen LogP contribution in [-0.2, 0) is 6.42 Å². The Morgan fingerprint density at radius 2 is 1.08 bits per heavy atom. The second kappa shape index (κ2) is 14.8. The molecule has 4 aromatic heterocycles. The van der Waals surface area contributed by atoms with E-state index in [9.17, 15) is 0 Å². The normalized spacial score (nSPS) is 15.5. The van der Waals surface area contributed by atoms with Crippen molar-refractivity contribution in [1.29, 1.82) is 0 Å². The minimum Gasteiger partial charge on any atom is -0.366 e. The van der Waals surface area contributed by atoms with Crippen LogP contribution in [-0.4, -0.2) is 19.1 Å². The largest absolute Gasteiger partial charge is 0.366 e. The lowest BCUT2D eigenvalue weighted by Crippen LogP contribution is -2.13. The quantitative estimate of drug-likeness (QED) is 0.178. The number of pyridine rings is 1. The van der Waals surface area contributed by atoms with E-state index >= 15 is 0 Å². The maximum absolute atomic E-state index is 4.64. The van der Waals surface area contributed by atoms with Crippen molar-refractivity contribution in [2.75, 3.05) is 0 Å². The maximum Gasteiger partial charge on any atom is 0.0642 e. The first-order chi connectivity index (χ1) is 32.1. The highest BCUT2D eigenvalue weighted by atomic mass is 15.0. The number of H-pyrrole nitrogens is 1. The van der Waals surface area contributed by atoms with Crippen molar-refractivity contribution >= 4 is 44.4 Å². The van der Waals surface area contributed by atoms with Crippen LogP contribution in [0.4, 0.5) is 0 Å². The van der Waals surface area contributed by atoms with Crippen molar-refractivity contribution in [3.8, 4) is 55.9 Å². The van der Waals surface area contributed by atoms with E-state index in [1.807, 2.05) is 18.6 Å². The number of rotatable bonds is 6. The molecule has 7 aromatic carbocycles. The highest BCUT2D eigenvalue weighted by Gasteiger charge is 2.33. The number of aromatic nitrogens is 4. The zero-order valence-corrected chi connectivity index (χ0v) is 36.5. The van der Waals surface area contributed by atoms with E-state index in [2.05, 4.69) is 215 Å². The Morgan fingerprint density at radius 1 is 0.477 bits per heavy atom. The Bertz CT molecular complexity index is 3660. The highest BCUT2D eigenvalue weighted by Crippen LogP contribution is 2.52. The van der Waals surface area contributed by atoms with E-state index in [1.54, 1.807) is 0 Å². The third-order valence-electron chi connectivity index (χ3n) is 14.6. The van der Waals surface area contributed by atoms with Crippen LogP contribution < -0.4 is 0 Å². The van der Waals surface area contributed by atoms with Crippen LogP contribution in [0.25, 0.3) is 100 Å². The standard InChI is InChI=1S/C61H46N4/c1-38-39(2)51-33-57-55-31-43(49-22-12-10-20-47(49)41-16-7-4-8-17-41)24-26-59(55)65(45-27-29-63-37-45)61(57)35-53(51)52-34-60-56(32-50(38)52)54-30-42(23-25-58(54)64(60)44-18-13-28-62-36-44)48-21-11-9-19-46(48)40-14-5-3-6-15-40/h3-22,24,26-39,63H,23,25H2,1-2H3. The topological polar surface area (TPSA) is 38.5 Å². The van der Waals surface area contributed by atoms with E-state index in [0.29, 0.717) is 11.8 Å². The molecule has 0 aliphatic heterocycles. The lowest BCUT2D eigenvalue weighted by atomic mass is 9.72. The van der Waals surface area contributed by atoms with E-state index in [-0.39, 0.29) is 0 Å². The molecule has 2 atom stereocenters. The number of aromatic amines is 1. The Labute approximate surface area is 378 Å². The molecule has 0 saturated heterocycles. The fraction of sp³-hybridized carbons (Fsp3) is 0.0984. The minimum absolute atomic E-state index is 0.312. The molecule has 1 N–H and O–H groups in total. The highest BCUT2D eigenvalue weighted by molar-refractivity contribution is 6.13. The summed E-state index contributed by atoms with van der Waals surface area (Å²) in [5.41, 5.74) is 24.2. The summed E-state index contributed by atoms with van der Waals surface area (Å²) >= 11 is 0. The zero-order chi connectivity index (χ0) is 43.2. The van der Waals surface area contributed by atoms with Crippen LogP contribution in [0.1, 0.15) is 60.1 Å². The number of fused-ring (bicyclic) bond motifs is 9. The molecule has 11 aromatic rings. The second-order valence-corrected chi connectivity index (χ2v) is 18.0. The molecule has 65 heavy (non-hydrogen) atoms. The van der Waals surface area contributed by atoms with Gasteiger partial charge in [-0.1, -0.05) is 129 Å². The van der Waals surface area contributed by atoms with E-state index in [4.69, 9.17) is 0 Å². The predicted octanol–water partition coefficient (Wildman–Crippen LogP) is 15.8. The lowest BCUT2D eigenvalue weighted by molar-refractivity contribution is 0.617. The van der Waals surface area contributed by atoms with Crippen LogP contribution >= 0.6 is 0 Å². The molecule has 2 unspecified atom stereocenters. The summed E-state index contributed by atoms with van der Waals surface area (Å²) in [6.45, 7) is 4.87. The molecule has 310 valence electrons. The number of hydrogen-bond donors (Lipinski definition) is 1. The molecule has 2 aliphatic carbocycles. The third kappa shape index (κ3) is 5.87. The van der Waals surface area contributed by atoms with Crippen molar-refractivity contribution in [1.82, 2.24) is 19.1 Å². The molecule has 0 fully saturated rings. The summed E-state index contributed by atoms with van der Waals surface area (Å²) in [7, 11) is 0. The fourth-order valence-electron chi connectivity index (χ4n) is 11.3. The summed E-state index contributed by atoms with van der Waals surface area (Å²) < 4.78 is 4.95. The molecule has 0 amide bonds. The number of hydrogen-bond acceptors (Lipinski definition) is 1. The van der Waals surface area contributed by atoms with Crippen molar-refractivity contribution in [2.45, 2.75) is 38.5 Å². The molecular weight excluding hydrogens is 789 g/mol. The lowest BCUT2D eigenvalue weighted by Gasteiger charge is -2.32. The number of nitrogens with zero attached hydrogens (tertiary/aromatic N) is 3.